The number of hydrogen-bond donors (Lipinski definition) is 1. The molecule has 0 spiro atoms. The van der Waals surface area contributed by atoms with E-state index in [2.05, 4.69) is 10.4 Å². The number of hydrogen-bond acceptors (Lipinski definition) is 5. The lowest BCUT2D eigenvalue weighted by molar-refractivity contribution is -0.384. The highest BCUT2D eigenvalue weighted by molar-refractivity contribution is 5.61. The molecular formula is C13H23N5O2. The molecule has 7 nitrogen and oxygen atoms in total. The van der Waals surface area contributed by atoms with Crippen LogP contribution in [0.4, 0.5) is 11.5 Å². The van der Waals surface area contributed by atoms with E-state index < -0.39 is 0 Å². The molecule has 0 radical (unpaired) electrons. The summed E-state index contributed by atoms with van der Waals surface area (Å²) in [5.74, 6) is 0.628. The number of aromatic nitrogens is 2. The van der Waals surface area contributed by atoms with Crippen molar-refractivity contribution in [3.8, 4) is 0 Å². The highest BCUT2D eigenvalue weighted by atomic mass is 16.6. The SMILES string of the molecule is CCCn1nc(C)c([N+](=O)[O-])c1N(C)CC1CCCN1. The summed E-state index contributed by atoms with van der Waals surface area (Å²) in [6, 6.07) is 0.407. The predicted molar refractivity (Wildman–Crippen MR) is 78.2 cm³/mol. The van der Waals surface area contributed by atoms with Crippen molar-refractivity contribution in [2.24, 2.45) is 0 Å². The van der Waals surface area contributed by atoms with E-state index in [0.717, 1.165) is 25.9 Å². The summed E-state index contributed by atoms with van der Waals surface area (Å²) in [6.07, 6.45) is 3.20. The van der Waals surface area contributed by atoms with Crippen molar-refractivity contribution in [2.75, 3.05) is 25.0 Å². The molecule has 1 N–H and O–H groups in total. The first-order chi connectivity index (χ1) is 9.54. The van der Waals surface area contributed by atoms with Crippen LogP contribution in [0.25, 0.3) is 0 Å². The molecule has 112 valence electrons. The zero-order valence-electron chi connectivity index (χ0n) is 12.4. The fourth-order valence-corrected chi connectivity index (χ4v) is 2.85. The first-order valence-corrected chi connectivity index (χ1v) is 7.21. The Balaban J connectivity index is 2.28. The van der Waals surface area contributed by atoms with Gasteiger partial charge in [-0.05, 0) is 32.7 Å². The molecule has 2 rings (SSSR count). The van der Waals surface area contributed by atoms with Crippen molar-refractivity contribution in [1.82, 2.24) is 15.1 Å². The van der Waals surface area contributed by atoms with Crippen LogP contribution in [0.1, 0.15) is 31.9 Å². The van der Waals surface area contributed by atoms with E-state index in [-0.39, 0.29) is 10.6 Å². The highest BCUT2D eigenvalue weighted by Gasteiger charge is 2.29. The van der Waals surface area contributed by atoms with Crippen LogP contribution >= 0.6 is 0 Å². The Labute approximate surface area is 119 Å². The summed E-state index contributed by atoms with van der Waals surface area (Å²) < 4.78 is 1.77. The Kier molecular flexibility index (Phi) is 4.59. The highest BCUT2D eigenvalue weighted by Crippen LogP contribution is 2.31. The number of nitrogens with one attached hydrogen (secondary N) is 1. The molecule has 1 saturated heterocycles. The third kappa shape index (κ3) is 2.92. The zero-order chi connectivity index (χ0) is 14.7. The summed E-state index contributed by atoms with van der Waals surface area (Å²) in [5.41, 5.74) is 0.628. The summed E-state index contributed by atoms with van der Waals surface area (Å²) in [4.78, 5) is 13.0. The molecule has 0 aromatic carbocycles. The number of nitrogens with zero attached hydrogens (tertiary/aromatic N) is 4. The van der Waals surface area contributed by atoms with Crippen molar-refractivity contribution in [3.05, 3.63) is 15.8 Å². The van der Waals surface area contributed by atoms with E-state index >= 15 is 0 Å². The molecule has 7 heteroatoms. The Morgan fingerprint density at radius 3 is 2.90 bits per heavy atom. The Morgan fingerprint density at radius 2 is 2.35 bits per heavy atom. The summed E-state index contributed by atoms with van der Waals surface area (Å²) in [7, 11) is 1.91. The van der Waals surface area contributed by atoms with Crippen molar-refractivity contribution >= 4 is 11.5 Å². The van der Waals surface area contributed by atoms with Crippen LogP contribution in [0.3, 0.4) is 0 Å². The van der Waals surface area contributed by atoms with Crippen LogP contribution in [0.15, 0.2) is 0 Å². The lowest BCUT2D eigenvalue weighted by atomic mass is 10.2. The molecule has 0 saturated carbocycles. The quantitative estimate of drug-likeness (QED) is 0.634. The minimum atomic E-state index is -0.317. The molecular weight excluding hydrogens is 258 g/mol. The number of aryl methyl sites for hydroxylation is 2. The second kappa shape index (κ2) is 6.21. The van der Waals surface area contributed by atoms with E-state index in [1.807, 2.05) is 18.9 Å². The molecule has 1 fully saturated rings. The molecule has 0 amide bonds. The van der Waals surface area contributed by atoms with Gasteiger partial charge < -0.3 is 10.2 Å². The Morgan fingerprint density at radius 1 is 1.60 bits per heavy atom. The van der Waals surface area contributed by atoms with E-state index in [1.54, 1.807) is 11.6 Å². The molecule has 2 heterocycles. The van der Waals surface area contributed by atoms with E-state index in [1.165, 1.54) is 6.42 Å². The monoisotopic (exact) mass is 281 g/mol. The van der Waals surface area contributed by atoms with E-state index in [0.29, 0.717) is 24.1 Å². The number of nitro groups is 1. The third-order valence-corrected chi connectivity index (χ3v) is 3.71. The number of anilines is 1. The van der Waals surface area contributed by atoms with Gasteiger partial charge in [0.1, 0.15) is 5.69 Å². The largest absolute Gasteiger partial charge is 0.353 e. The number of rotatable bonds is 6. The Hall–Kier alpha value is -1.63. The molecule has 1 aliphatic heterocycles. The first kappa shape index (κ1) is 14.8. The maximum Gasteiger partial charge on any atom is 0.333 e. The van der Waals surface area contributed by atoms with E-state index in [4.69, 9.17) is 0 Å². The lowest BCUT2D eigenvalue weighted by Gasteiger charge is -2.23. The molecule has 0 bridgehead atoms. The fraction of sp³-hybridized carbons (Fsp3) is 0.769. The van der Waals surface area contributed by atoms with Crippen LogP contribution in [-0.2, 0) is 6.54 Å². The van der Waals surface area contributed by atoms with Gasteiger partial charge >= 0.3 is 5.69 Å². The van der Waals surface area contributed by atoms with Crippen molar-refractivity contribution in [1.29, 1.82) is 0 Å². The second-order valence-corrected chi connectivity index (χ2v) is 5.41. The van der Waals surface area contributed by atoms with Crippen LogP contribution in [0, 0.1) is 17.0 Å². The lowest BCUT2D eigenvalue weighted by Crippen LogP contribution is -2.36. The molecule has 1 aromatic rings. The van der Waals surface area contributed by atoms with Gasteiger partial charge in [-0.3, -0.25) is 10.1 Å². The Bertz CT molecular complexity index is 479. The second-order valence-electron chi connectivity index (χ2n) is 5.41. The molecule has 0 aliphatic carbocycles. The average Bonchev–Trinajstić information content (AvgIpc) is 2.97. The van der Waals surface area contributed by atoms with Crippen molar-refractivity contribution in [3.63, 3.8) is 0 Å². The minimum absolute atomic E-state index is 0.138. The van der Waals surface area contributed by atoms with Crippen molar-refractivity contribution in [2.45, 2.75) is 45.7 Å². The normalized spacial score (nSPS) is 18.4. The van der Waals surface area contributed by atoms with Crippen LogP contribution in [0.5, 0.6) is 0 Å². The molecule has 1 atom stereocenters. The van der Waals surface area contributed by atoms with Gasteiger partial charge in [0, 0.05) is 26.2 Å². The summed E-state index contributed by atoms with van der Waals surface area (Å²) >= 11 is 0. The zero-order valence-corrected chi connectivity index (χ0v) is 12.4. The average molecular weight is 281 g/mol. The fourth-order valence-electron chi connectivity index (χ4n) is 2.85. The van der Waals surface area contributed by atoms with E-state index in [9.17, 15) is 10.1 Å². The third-order valence-electron chi connectivity index (χ3n) is 3.71. The molecule has 1 aliphatic rings. The minimum Gasteiger partial charge on any atom is -0.353 e. The first-order valence-electron chi connectivity index (χ1n) is 7.21. The summed E-state index contributed by atoms with van der Waals surface area (Å²) in [5, 5.41) is 19.1. The topological polar surface area (TPSA) is 76.2 Å². The van der Waals surface area contributed by atoms with Gasteiger partial charge in [0.25, 0.3) is 0 Å². The predicted octanol–water partition coefficient (Wildman–Crippen LogP) is 1.70. The van der Waals surface area contributed by atoms with Gasteiger partial charge in [0.15, 0.2) is 0 Å². The molecule has 1 unspecified atom stereocenters. The van der Waals surface area contributed by atoms with Crippen LogP contribution in [0.2, 0.25) is 0 Å². The van der Waals surface area contributed by atoms with Gasteiger partial charge in [-0.25, -0.2) is 4.68 Å². The van der Waals surface area contributed by atoms with Crippen molar-refractivity contribution < 1.29 is 4.92 Å². The summed E-state index contributed by atoms with van der Waals surface area (Å²) in [6.45, 7) is 6.26. The van der Waals surface area contributed by atoms with Gasteiger partial charge in [0.2, 0.25) is 5.82 Å². The molecule has 20 heavy (non-hydrogen) atoms. The molecule has 1 aromatic heterocycles. The van der Waals surface area contributed by atoms with Gasteiger partial charge in [-0.15, -0.1) is 0 Å². The maximum atomic E-state index is 11.3. The maximum absolute atomic E-state index is 11.3. The van der Waals surface area contributed by atoms with Gasteiger partial charge in [-0.1, -0.05) is 6.92 Å². The number of likely N-dealkylation sites (N-methyl/N-ethyl adjacent to an activating group) is 1. The smallest absolute Gasteiger partial charge is 0.333 e. The van der Waals surface area contributed by atoms with Crippen LogP contribution < -0.4 is 10.2 Å². The van der Waals surface area contributed by atoms with Crippen LogP contribution in [-0.4, -0.2) is 40.9 Å². The standard InChI is InChI=1S/C13H23N5O2/c1-4-8-17-13(12(18(19)20)10(2)15-17)16(3)9-11-6-5-7-14-11/h11,14H,4-9H2,1-3H3. The van der Waals surface area contributed by atoms with Gasteiger partial charge in [0.05, 0.1) is 4.92 Å². The van der Waals surface area contributed by atoms with Gasteiger partial charge in [-0.2, -0.15) is 5.10 Å².